The van der Waals surface area contributed by atoms with E-state index < -0.39 is 0 Å². The SMILES string of the molecule is CC[C@H]1CCCCN1c1nn(-c2cccc(C)c2)nc1C#N. The van der Waals surface area contributed by atoms with Crippen molar-refractivity contribution in [2.45, 2.75) is 45.6 Å². The fourth-order valence-electron chi connectivity index (χ4n) is 3.14. The van der Waals surface area contributed by atoms with Crippen molar-refractivity contribution in [3.8, 4) is 11.8 Å². The van der Waals surface area contributed by atoms with E-state index in [0.717, 1.165) is 36.5 Å². The molecule has 1 aliphatic heterocycles. The minimum Gasteiger partial charge on any atom is -0.350 e. The lowest BCUT2D eigenvalue weighted by atomic mass is 10.00. The van der Waals surface area contributed by atoms with E-state index in [1.807, 2.05) is 31.2 Å². The van der Waals surface area contributed by atoms with E-state index in [1.165, 1.54) is 12.8 Å². The van der Waals surface area contributed by atoms with Crippen molar-refractivity contribution >= 4 is 5.82 Å². The molecule has 0 N–H and O–H groups in total. The topological polar surface area (TPSA) is 57.7 Å². The van der Waals surface area contributed by atoms with Crippen molar-refractivity contribution in [2.24, 2.45) is 0 Å². The molecule has 3 rings (SSSR count). The van der Waals surface area contributed by atoms with Gasteiger partial charge in [0, 0.05) is 12.6 Å². The van der Waals surface area contributed by atoms with Gasteiger partial charge in [-0.1, -0.05) is 19.1 Å². The largest absolute Gasteiger partial charge is 0.350 e. The molecule has 1 aromatic carbocycles. The number of benzene rings is 1. The molecule has 0 aliphatic carbocycles. The van der Waals surface area contributed by atoms with Crippen LogP contribution in [0.25, 0.3) is 5.69 Å². The molecule has 114 valence electrons. The number of piperidine rings is 1. The number of nitriles is 1. The van der Waals surface area contributed by atoms with Crippen LogP contribution in [-0.2, 0) is 0 Å². The lowest BCUT2D eigenvalue weighted by Gasteiger charge is -2.35. The third-order valence-corrected chi connectivity index (χ3v) is 4.30. The molecule has 22 heavy (non-hydrogen) atoms. The average molecular weight is 295 g/mol. The Labute approximate surface area is 131 Å². The first-order chi connectivity index (χ1) is 10.7. The molecule has 5 nitrogen and oxygen atoms in total. The van der Waals surface area contributed by atoms with Crippen molar-refractivity contribution in [3.63, 3.8) is 0 Å². The monoisotopic (exact) mass is 295 g/mol. The molecule has 0 radical (unpaired) electrons. The zero-order chi connectivity index (χ0) is 15.5. The number of rotatable bonds is 3. The van der Waals surface area contributed by atoms with Crippen LogP contribution in [0.1, 0.15) is 43.9 Å². The summed E-state index contributed by atoms with van der Waals surface area (Å²) in [5.41, 5.74) is 2.47. The Bertz CT molecular complexity index is 697. The van der Waals surface area contributed by atoms with Gasteiger partial charge in [-0.2, -0.15) is 5.26 Å². The second-order valence-corrected chi connectivity index (χ2v) is 5.86. The number of hydrogen-bond donors (Lipinski definition) is 0. The summed E-state index contributed by atoms with van der Waals surface area (Å²) in [7, 11) is 0. The van der Waals surface area contributed by atoms with E-state index in [1.54, 1.807) is 4.80 Å². The zero-order valence-corrected chi connectivity index (χ0v) is 13.2. The Hall–Kier alpha value is -2.35. The average Bonchev–Trinajstić information content (AvgIpc) is 2.99. The lowest BCUT2D eigenvalue weighted by molar-refractivity contribution is 0.446. The second-order valence-electron chi connectivity index (χ2n) is 5.86. The summed E-state index contributed by atoms with van der Waals surface area (Å²) >= 11 is 0. The second kappa shape index (κ2) is 6.18. The van der Waals surface area contributed by atoms with Crippen LogP contribution in [0.4, 0.5) is 5.82 Å². The number of aromatic nitrogens is 3. The highest BCUT2D eigenvalue weighted by molar-refractivity contribution is 5.51. The molecule has 1 aromatic heterocycles. The first-order valence-corrected chi connectivity index (χ1v) is 7.94. The van der Waals surface area contributed by atoms with Crippen molar-refractivity contribution in [2.75, 3.05) is 11.4 Å². The predicted molar refractivity (Wildman–Crippen MR) is 86.1 cm³/mol. The molecule has 0 bridgehead atoms. The van der Waals surface area contributed by atoms with Crippen molar-refractivity contribution in [1.82, 2.24) is 15.0 Å². The molecule has 2 aromatic rings. The first-order valence-electron chi connectivity index (χ1n) is 7.94. The summed E-state index contributed by atoms with van der Waals surface area (Å²) < 4.78 is 0. The summed E-state index contributed by atoms with van der Waals surface area (Å²) in [4.78, 5) is 3.85. The first kappa shape index (κ1) is 14.6. The summed E-state index contributed by atoms with van der Waals surface area (Å²) in [5.74, 6) is 0.732. The molecular formula is C17H21N5. The quantitative estimate of drug-likeness (QED) is 0.872. The summed E-state index contributed by atoms with van der Waals surface area (Å²) in [6.45, 7) is 5.19. The van der Waals surface area contributed by atoms with Crippen molar-refractivity contribution < 1.29 is 0 Å². The lowest BCUT2D eigenvalue weighted by Crippen LogP contribution is -2.39. The van der Waals surface area contributed by atoms with E-state index in [0.29, 0.717) is 11.7 Å². The number of anilines is 1. The van der Waals surface area contributed by atoms with Crippen LogP contribution < -0.4 is 4.90 Å². The molecule has 0 spiro atoms. The van der Waals surface area contributed by atoms with E-state index in [9.17, 15) is 5.26 Å². The van der Waals surface area contributed by atoms with Crippen molar-refractivity contribution in [3.05, 3.63) is 35.5 Å². The molecule has 1 aliphatic rings. The molecule has 0 saturated carbocycles. The van der Waals surface area contributed by atoms with Crippen LogP contribution in [0, 0.1) is 18.3 Å². The summed E-state index contributed by atoms with van der Waals surface area (Å²) in [6, 6.07) is 10.7. The third kappa shape index (κ3) is 2.69. The molecule has 1 atom stereocenters. The van der Waals surface area contributed by atoms with Crippen LogP contribution in [-0.4, -0.2) is 27.6 Å². The highest BCUT2D eigenvalue weighted by Gasteiger charge is 2.26. The molecule has 5 heteroatoms. The molecular weight excluding hydrogens is 274 g/mol. The predicted octanol–water partition coefficient (Wildman–Crippen LogP) is 3.22. The molecule has 0 unspecified atom stereocenters. The normalized spacial score (nSPS) is 18.2. The van der Waals surface area contributed by atoms with Gasteiger partial charge in [-0.05, 0) is 50.3 Å². The van der Waals surface area contributed by atoms with Gasteiger partial charge in [0.2, 0.25) is 5.69 Å². The van der Waals surface area contributed by atoms with Gasteiger partial charge in [0.05, 0.1) is 5.69 Å². The van der Waals surface area contributed by atoms with Gasteiger partial charge in [0.15, 0.2) is 5.82 Å². The zero-order valence-electron chi connectivity index (χ0n) is 13.2. The van der Waals surface area contributed by atoms with Gasteiger partial charge in [-0.3, -0.25) is 0 Å². The smallest absolute Gasteiger partial charge is 0.207 e. The summed E-state index contributed by atoms with van der Waals surface area (Å²) in [5, 5.41) is 18.4. The van der Waals surface area contributed by atoms with Gasteiger partial charge in [-0.25, -0.2) is 0 Å². The van der Waals surface area contributed by atoms with Gasteiger partial charge < -0.3 is 4.90 Å². The van der Waals surface area contributed by atoms with Gasteiger partial charge in [0.25, 0.3) is 0 Å². The Morgan fingerprint density at radius 2 is 2.18 bits per heavy atom. The van der Waals surface area contributed by atoms with E-state index in [-0.39, 0.29) is 0 Å². The highest BCUT2D eigenvalue weighted by Crippen LogP contribution is 2.27. The fraction of sp³-hybridized carbons (Fsp3) is 0.471. The van der Waals surface area contributed by atoms with E-state index in [2.05, 4.69) is 28.1 Å². The van der Waals surface area contributed by atoms with Crippen LogP contribution in [0.5, 0.6) is 0 Å². The summed E-state index contributed by atoms with van der Waals surface area (Å²) in [6.07, 6.45) is 4.64. The van der Waals surface area contributed by atoms with Crippen molar-refractivity contribution in [1.29, 1.82) is 5.26 Å². The van der Waals surface area contributed by atoms with Crippen LogP contribution in [0.2, 0.25) is 0 Å². The Morgan fingerprint density at radius 3 is 2.91 bits per heavy atom. The number of aryl methyl sites for hydroxylation is 1. The minimum absolute atomic E-state index is 0.418. The molecule has 2 heterocycles. The minimum atomic E-state index is 0.418. The van der Waals surface area contributed by atoms with Crippen LogP contribution in [0.15, 0.2) is 24.3 Å². The standard InChI is InChI=1S/C17H21N5/c1-3-14-8-4-5-10-21(14)17-16(12-18)19-22(20-17)15-9-6-7-13(2)11-15/h6-7,9,11,14H,3-5,8,10H2,1-2H3/t14-/m0/s1. The maximum atomic E-state index is 9.43. The highest BCUT2D eigenvalue weighted by atomic mass is 15.5. The Balaban J connectivity index is 2.00. The van der Waals surface area contributed by atoms with E-state index in [4.69, 9.17) is 0 Å². The Morgan fingerprint density at radius 1 is 1.32 bits per heavy atom. The van der Waals surface area contributed by atoms with Gasteiger partial charge in [-0.15, -0.1) is 15.0 Å². The van der Waals surface area contributed by atoms with Crippen LogP contribution in [0.3, 0.4) is 0 Å². The van der Waals surface area contributed by atoms with Gasteiger partial charge in [0.1, 0.15) is 6.07 Å². The maximum Gasteiger partial charge on any atom is 0.207 e. The Kier molecular flexibility index (Phi) is 4.10. The van der Waals surface area contributed by atoms with Gasteiger partial charge >= 0.3 is 0 Å². The molecule has 1 fully saturated rings. The number of hydrogen-bond acceptors (Lipinski definition) is 4. The molecule has 1 saturated heterocycles. The van der Waals surface area contributed by atoms with E-state index >= 15 is 0 Å². The maximum absolute atomic E-state index is 9.43. The molecule has 0 amide bonds. The fourth-order valence-corrected chi connectivity index (χ4v) is 3.14. The van der Waals surface area contributed by atoms with Crippen LogP contribution >= 0.6 is 0 Å². The number of nitrogens with zero attached hydrogens (tertiary/aromatic N) is 5. The third-order valence-electron chi connectivity index (χ3n) is 4.30.